The van der Waals surface area contributed by atoms with Gasteiger partial charge in [-0.25, -0.2) is 0 Å². The van der Waals surface area contributed by atoms with Crippen molar-refractivity contribution in [3.8, 4) is 0 Å². The van der Waals surface area contributed by atoms with Crippen LogP contribution < -0.4 is 0 Å². The topological polar surface area (TPSA) is 0 Å². The smallest absolute Gasteiger partial charge is 0.0392 e. The lowest BCUT2D eigenvalue weighted by atomic mass is 10.1. The second kappa shape index (κ2) is 72.6. The van der Waals surface area contributed by atoms with Crippen LogP contribution in [0.1, 0.15) is 177 Å². The maximum atomic E-state index is 2.17. The van der Waals surface area contributed by atoms with Gasteiger partial charge in [0.15, 0.2) is 0 Å². The van der Waals surface area contributed by atoms with Crippen LogP contribution in [0.4, 0.5) is 0 Å². The maximum absolute atomic E-state index is 2.17. The van der Waals surface area contributed by atoms with Crippen LogP contribution in [0.3, 0.4) is 0 Å². The molecule has 0 saturated heterocycles. The van der Waals surface area contributed by atoms with Crippen molar-refractivity contribution < 1.29 is 0 Å². The molecule has 0 nitrogen and oxygen atoms in total. The normalized spacial score (nSPS) is 6.86. The molecule has 0 N–H and O–H groups in total. The molecule has 0 unspecified atom stereocenters. The largest absolute Gasteiger partial charge is 0.0776 e. The molecule has 0 aliphatic carbocycles. The monoisotopic (exact) mass is 711 g/mol. The van der Waals surface area contributed by atoms with Gasteiger partial charge in [-0.05, 0) is 83.2 Å². The van der Waals surface area contributed by atoms with E-state index < -0.39 is 0 Å². The van der Waals surface area contributed by atoms with Gasteiger partial charge in [-0.1, -0.05) is 246 Å². The fourth-order valence-corrected chi connectivity index (χ4v) is 2.90. The maximum Gasteiger partial charge on any atom is -0.0392 e. The summed E-state index contributed by atoms with van der Waals surface area (Å²) in [7, 11) is 0. The van der Waals surface area contributed by atoms with E-state index >= 15 is 0 Å². The number of hydrogen-bond donors (Lipinski definition) is 0. The fourth-order valence-electron chi connectivity index (χ4n) is 2.90. The van der Waals surface area contributed by atoms with E-state index in [9.17, 15) is 0 Å². The molecule has 4 rings (SSSR count). The summed E-state index contributed by atoms with van der Waals surface area (Å²) in [5.74, 6) is 0. The summed E-state index contributed by atoms with van der Waals surface area (Å²) in [5.41, 5.74) is 10.9. The molecule has 0 aromatic heterocycles. The zero-order valence-corrected chi connectivity index (χ0v) is 39.2. The Morgan fingerprint density at radius 1 is 0.235 bits per heavy atom. The SMILES string of the molecule is C.CC.CC.CC.CC.CC.CC.CC.CC.CC.Cc1cccc(C)c1.Cc1cccc(C)c1C.Cc1ccccc1.Cc1ccccc1C. The molecule has 4 aromatic rings. The van der Waals surface area contributed by atoms with E-state index in [1.807, 2.05) is 143 Å². The molecule has 0 fully saturated rings. The van der Waals surface area contributed by atoms with Crippen LogP contribution >= 0.6 is 0 Å². The Labute approximate surface area is 328 Å². The van der Waals surface area contributed by atoms with E-state index in [2.05, 4.69) is 134 Å². The second-order valence-corrected chi connectivity index (χ2v) is 8.41. The molecule has 0 radical (unpaired) electrons. The molecule has 0 aliphatic rings. The van der Waals surface area contributed by atoms with Crippen LogP contribution in [0.2, 0.25) is 0 Å². The zero-order valence-electron chi connectivity index (χ0n) is 39.2. The minimum Gasteiger partial charge on any atom is -0.0776 e. The molecular weight excluding hydrogens is 613 g/mol. The summed E-state index contributed by atoms with van der Waals surface area (Å²) >= 11 is 0. The lowest BCUT2D eigenvalue weighted by Crippen LogP contribution is -1.82. The van der Waals surface area contributed by atoms with Crippen LogP contribution in [-0.4, -0.2) is 0 Å². The first-order valence-electron chi connectivity index (χ1n) is 20.3. The fraction of sp³-hybridized carbons (Fsp3) is 0.529. The Kier molecular flexibility index (Phi) is 104. The lowest BCUT2D eigenvalue weighted by Gasteiger charge is -2.00. The quantitative estimate of drug-likeness (QED) is 0.170. The molecule has 0 bridgehead atoms. The van der Waals surface area contributed by atoms with Gasteiger partial charge in [-0.15, -0.1) is 0 Å². The minimum atomic E-state index is 0. The van der Waals surface area contributed by atoms with Crippen molar-refractivity contribution >= 4 is 0 Å². The molecule has 0 heterocycles. The van der Waals surface area contributed by atoms with Crippen molar-refractivity contribution in [2.24, 2.45) is 0 Å². The van der Waals surface area contributed by atoms with Gasteiger partial charge >= 0.3 is 0 Å². The second-order valence-electron chi connectivity index (χ2n) is 8.41. The van der Waals surface area contributed by atoms with Crippen molar-refractivity contribution in [2.45, 2.75) is 187 Å². The molecule has 0 aliphatic heterocycles. The summed E-state index contributed by atoms with van der Waals surface area (Å²) in [4.78, 5) is 0. The van der Waals surface area contributed by atoms with Gasteiger partial charge in [0.05, 0.1) is 0 Å². The average molecular weight is 711 g/mol. The third-order valence-electron chi connectivity index (χ3n) is 5.42. The number of aryl methyl sites for hydroxylation is 7. The number of hydrogen-bond acceptors (Lipinski definition) is 0. The first kappa shape index (κ1) is 73.3. The van der Waals surface area contributed by atoms with Crippen LogP contribution in [-0.2, 0) is 0 Å². The van der Waals surface area contributed by atoms with Gasteiger partial charge in [-0.2, -0.15) is 0 Å². The third-order valence-corrected chi connectivity index (χ3v) is 5.42. The zero-order chi connectivity index (χ0) is 41.9. The predicted octanol–water partition coefficient (Wildman–Crippen LogP) is 19.1. The Morgan fingerprint density at radius 3 is 0.627 bits per heavy atom. The first-order chi connectivity index (χ1) is 24.2. The number of rotatable bonds is 0. The number of benzene rings is 4. The van der Waals surface area contributed by atoms with E-state index in [-0.39, 0.29) is 7.43 Å². The van der Waals surface area contributed by atoms with Crippen molar-refractivity contribution in [3.05, 3.63) is 142 Å². The van der Waals surface area contributed by atoms with Crippen LogP contribution in [0.5, 0.6) is 0 Å². The van der Waals surface area contributed by atoms with Crippen LogP contribution in [0, 0.1) is 55.4 Å². The molecule has 0 amide bonds. The summed E-state index contributed by atoms with van der Waals surface area (Å²) < 4.78 is 0. The van der Waals surface area contributed by atoms with Crippen molar-refractivity contribution in [1.29, 1.82) is 0 Å². The highest BCUT2D eigenvalue weighted by molar-refractivity contribution is 5.31. The van der Waals surface area contributed by atoms with Gasteiger partial charge in [0, 0.05) is 0 Å². The summed E-state index contributed by atoms with van der Waals surface area (Å²) in [6, 6.07) is 33.4. The highest BCUT2D eigenvalue weighted by Crippen LogP contribution is 2.10. The summed E-state index contributed by atoms with van der Waals surface area (Å²) in [6.45, 7) is 53.0. The Hall–Kier alpha value is -3.12. The molecule has 302 valence electrons. The van der Waals surface area contributed by atoms with E-state index in [1.54, 1.807) is 0 Å². The van der Waals surface area contributed by atoms with Gasteiger partial charge in [0.25, 0.3) is 0 Å². The third kappa shape index (κ3) is 59.4. The van der Waals surface area contributed by atoms with Gasteiger partial charge < -0.3 is 0 Å². The molecule has 4 aromatic carbocycles. The standard InChI is InChI=1S/C9H12.2C8H10.C7H8.9C2H6.CH4/c1-7-5-4-6-8(2)9(7)3;1-7-4-3-5-8(2)6-7;1-7-5-3-4-6-8(7)2;1-7-5-3-2-4-6-7;9*1-2;/h4-6H,1-3H3;2*3-6H,1-2H3;2-6H,1H3;9*1-2H3;1H4. The van der Waals surface area contributed by atoms with Crippen LogP contribution in [0.15, 0.2) is 97.1 Å². The molecule has 0 atom stereocenters. The Balaban J connectivity index is -0.0000000476. The van der Waals surface area contributed by atoms with Crippen molar-refractivity contribution in [2.75, 3.05) is 0 Å². The molecule has 0 saturated carbocycles. The molecule has 0 spiro atoms. The predicted molar refractivity (Wildman–Crippen MR) is 253 cm³/mol. The average Bonchev–Trinajstić information content (AvgIpc) is 3.20. The molecular formula is C51H98. The first-order valence-corrected chi connectivity index (χ1v) is 20.3. The highest BCUT2D eigenvalue weighted by Gasteiger charge is 1.92. The van der Waals surface area contributed by atoms with Crippen LogP contribution in [0.25, 0.3) is 0 Å². The summed E-state index contributed by atoms with van der Waals surface area (Å²) in [6.07, 6.45) is 0. The van der Waals surface area contributed by atoms with Gasteiger partial charge in [-0.3, -0.25) is 0 Å². The molecule has 51 heavy (non-hydrogen) atoms. The van der Waals surface area contributed by atoms with Crippen molar-refractivity contribution in [3.63, 3.8) is 0 Å². The van der Waals surface area contributed by atoms with E-state index in [0.29, 0.717) is 0 Å². The Bertz CT molecular complexity index is 984. The lowest BCUT2D eigenvalue weighted by molar-refractivity contribution is 1.27. The molecule has 0 heteroatoms. The Morgan fingerprint density at radius 2 is 0.451 bits per heavy atom. The highest BCUT2D eigenvalue weighted by atomic mass is 14.0. The minimum absolute atomic E-state index is 0. The van der Waals surface area contributed by atoms with Gasteiger partial charge in [0.2, 0.25) is 0 Å². The summed E-state index contributed by atoms with van der Waals surface area (Å²) in [5, 5.41) is 0. The van der Waals surface area contributed by atoms with E-state index in [0.717, 1.165) is 0 Å². The van der Waals surface area contributed by atoms with E-state index in [1.165, 1.54) is 44.5 Å². The van der Waals surface area contributed by atoms with Crippen molar-refractivity contribution in [1.82, 2.24) is 0 Å². The van der Waals surface area contributed by atoms with E-state index in [4.69, 9.17) is 0 Å². The van der Waals surface area contributed by atoms with Gasteiger partial charge in [0.1, 0.15) is 0 Å².